The number of nitro groups is 1. The van der Waals surface area contributed by atoms with E-state index in [1.54, 1.807) is 12.1 Å². The standard InChI is InChI=1S/C14H10N2O2S/c15-10-9-11-5-4-8-13(16(17)18)14(11)19-12-6-2-1-3-7-12/h1-8H,9H2. The summed E-state index contributed by atoms with van der Waals surface area (Å²) in [5, 5.41) is 19.9. The third-order valence-corrected chi connectivity index (χ3v) is 3.69. The van der Waals surface area contributed by atoms with Crippen molar-refractivity contribution in [2.75, 3.05) is 0 Å². The quantitative estimate of drug-likeness (QED) is 0.625. The number of nitriles is 1. The van der Waals surface area contributed by atoms with Crippen LogP contribution >= 0.6 is 11.8 Å². The lowest BCUT2D eigenvalue weighted by molar-refractivity contribution is -0.387. The van der Waals surface area contributed by atoms with Gasteiger partial charge in [0.05, 0.1) is 22.3 Å². The van der Waals surface area contributed by atoms with Crippen molar-refractivity contribution in [3.63, 3.8) is 0 Å². The molecule has 0 radical (unpaired) electrons. The van der Waals surface area contributed by atoms with Gasteiger partial charge in [-0.05, 0) is 17.7 Å². The molecule has 0 fully saturated rings. The van der Waals surface area contributed by atoms with E-state index in [4.69, 9.17) is 5.26 Å². The molecule has 0 saturated heterocycles. The second kappa shape index (κ2) is 6.03. The van der Waals surface area contributed by atoms with Gasteiger partial charge in [0, 0.05) is 11.0 Å². The minimum atomic E-state index is -0.411. The Morgan fingerprint density at radius 1 is 1.16 bits per heavy atom. The van der Waals surface area contributed by atoms with E-state index in [1.165, 1.54) is 17.8 Å². The summed E-state index contributed by atoms with van der Waals surface area (Å²) in [6, 6.07) is 16.3. The van der Waals surface area contributed by atoms with Crippen LogP contribution < -0.4 is 0 Å². The number of rotatable bonds is 4. The van der Waals surface area contributed by atoms with Crippen molar-refractivity contribution in [1.29, 1.82) is 5.26 Å². The maximum absolute atomic E-state index is 11.1. The zero-order chi connectivity index (χ0) is 13.7. The molecule has 0 N–H and O–H groups in total. The molecule has 0 atom stereocenters. The molecule has 0 spiro atoms. The Morgan fingerprint density at radius 3 is 2.53 bits per heavy atom. The molecule has 2 aromatic carbocycles. The third kappa shape index (κ3) is 3.12. The van der Waals surface area contributed by atoms with Crippen LogP contribution in [-0.4, -0.2) is 4.92 Å². The predicted octanol–water partition coefficient (Wildman–Crippen LogP) is 3.81. The van der Waals surface area contributed by atoms with E-state index < -0.39 is 4.92 Å². The molecule has 0 aliphatic heterocycles. The summed E-state index contributed by atoms with van der Waals surface area (Å²) >= 11 is 1.32. The summed E-state index contributed by atoms with van der Waals surface area (Å²) in [6.45, 7) is 0. The van der Waals surface area contributed by atoms with Gasteiger partial charge in [-0.1, -0.05) is 42.1 Å². The number of hydrogen-bond acceptors (Lipinski definition) is 4. The van der Waals surface area contributed by atoms with Crippen LogP contribution in [0.3, 0.4) is 0 Å². The van der Waals surface area contributed by atoms with Crippen molar-refractivity contribution in [1.82, 2.24) is 0 Å². The van der Waals surface area contributed by atoms with E-state index in [1.807, 2.05) is 36.4 Å². The fourth-order valence-electron chi connectivity index (χ4n) is 1.66. The van der Waals surface area contributed by atoms with Gasteiger partial charge in [0.2, 0.25) is 0 Å². The van der Waals surface area contributed by atoms with Crippen molar-refractivity contribution >= 4 is 17.4 Å². The summed E-state index contributed by atoms with van der Waals surface area (Å²) in [6.07, 6.45) is 0.164. The van der Waals surface area contributed by atoms with Gasteiger partial charge in [-0.15, -0.1) is 0 Å². The van der Waals surface area contributed by atoms with Gasteiger partial charge in [0.15, 0.2) is 0 Å². The first-order valence-corrected chi connectivity index (χ1v) is 6.40. The number of nitro benzene ring substituents is 1. The molecule has 0 heterocycles. The zero-order valence-corrected chi connectivity index (χ0v) is 10.8. The molecule has 0 aliphatic rings. The summed E-state index contributed by atoms with van der Waals surface area (Å²) in [7, 11) is 0. The van der Waals surface area contributed by atoms with Crippen molar-refractivity contribution < 1.29 is 4.92 Å². The Balaban J connectivity index is 2.47. The summed E-state index contributed by atoms with van der Waals surface area (Å²) in [5.41, 5.74) is 0.729. The van der Waals surface area contributed by atoms with Crippen LogP contribution in [-0.2, 0) is 6.42 Å². The maximum Gasteiger partial charge on any atom is 0.283 e. The lowest BCUT2D eigenvalue weighted by atomic mass is 10.1. The van der Waals surface area contributed by atoms with Crippen LogP contribution in [0.2, 0.25) is 0 Å². The Hall–Kier alpha value is -2.32. The maximum atomic E-state index is 11.1. The SMILES string of the molecule is N#CCc1cccc([N+](=O)[O-])c1Sc1ccccc1. The van der Waals surface area contributed by atoms with Crippen LogP contribution in [0.25, 0.3) is 0 Å². The molecule has 0 saturated carbocycles. The molecule has 2 aromatic rings. The molecule has 5 heteroatoms. The van der Waals surface area contributed by atoms with Crippen molar-refractivity contribution in [3.05, 3.63) is 64.2 Å². The number of hydrogen-bond donors (Lipinski definition) is 0. The van der Waals surface area contributed by atoms with Gasteiger partial charge in [0.1, 0.15) is 0 Å². The van der Waals surface area contributed by atoms with E-state index in [0.29, 0.717) is 10.5 Å². The van der Waals surface area contributed by atoms with E-state index in [2.05, 4.69) is 0 Å². The first-order valence-electron chi connectivity index (χ1n) is 5.58. The van der Waals surface area contributed by atoms with E-state index in [9.17, 15) is 10.1 Å². The number of nitrogens with zero attached hydrogens (tertiary/aromatic N) is 2. The summed E-state index contributed by atoms with van der Waals surface area (Å²) in [4.78, 5) is 12.1. The molecule has 0 unspecified atom stereocenters. The molecule has 19 heavy (non-hydrogen) atoms. The monoisotopic (exact) mass is 270 g/mol. The average Bonchev–Trinajstić information content (AvgIpc) is 2.42. The van der Waals surface area contributed by atoms with Gasteiger partial charge in [-0.3, -0.25) is 10.1 Å². The van der Waals surface area contributed by atoms with Gasteiger partial charge in [-0.25, -0.2) is 0 Å². The molecular formula is C14H10N2O2S. The van der Waals surface area contributed by atoms with Crippen molar-refractivity contribution in [3.8, 4) is 6.07 Å². The van der Waals surface area contributed by atoms with E-state index in [-0.39, 0.29) is 12.1 Å². The van der Waals surface area contributed by atoms with Crippen LogP contribution in [0, 0.1) is 21.4 Å². The fraction of sp³-hybridized carbons (Fsp3) is 0.0714. The zero-order valence-electron chi connectivity index (χ0n) is 9.95. The second-order valence-corrected chi connectivity index (χ2v) is 4.86. The number of benzene rings is 2. The molecule has 0 aromatic heterocycles. The highest BCUT2D eigenvalue weighted by molar-refractivity contribution is 7.99. The second-order valence-electron chi connectivity index (χ2n) is 3.77. The van der Waals surface area contributed by atoms with Gasteiger partial charge in [0.25, 0.3) is 5.69 Å². The summed E-state index contributed by atoms with van der Waals surface area (Å²) < 4.78 is 0. The highest BCUT2D eigenvalue weighted by Gasteiger charge is 2.18. The van der Waals surface area contributed by atoms with Gasteiger partial charge in [-0.2, -0.15) is 5.26 Å². The van der Waals surface area contributed by atoms with Crippen LogP contribution in [0.15, 0.2) is 58.3 Å². The smallest absolute Gasteiger partial charge is 0.258 e. The Morgan fingerprint density at radius 2 is 1.89 bits per heavy atom. The van der Waals surface area contributed by atoms with E-state index in [0.717, 1.165) is 4.90 Å². The molecule has 0 bridgehead atoms. The lowest BCUT2D eigenvalue weighted by Crippen LogP contribution is -1.95. The normalized spacial score (nSPS) is 9.84. The fourth-order valence-corrected chi connectivity index (χ4v) is 2.71. The van der Waals surface area contributed by atoms with E-state index >= 15 is 0 Å². The molecule has 2 rings (SSSR count). The Labute approximate surface area is 114 Å². The highest BCUT2D eigenvalue weighted by Crippen LogP contribution is 2.37. The minimum Gasteiger partial charge on any atom is -0.258 e. The third-order valence-electron chi connectivity index (χ3n) is 2.51. The molecule has 0 amide bonds. The average molecular weight is 270 g/mol. The van der Waals surface area contributed by atoms with Crippen molar-refractivity contribution in [2.24, 2.45) is 0 Å². The van der Waals surface area contributed by atoms with Gasteiger partial charge >= 0.3 is 0 Å². The molecular weight excluding hydrogens is 260 g/mol. The van der Waals surface area contributed by atoms with Crippen LogP contribution in [0.5, 0.6) is 0 Å². The first kappa shape index (κ1) is 13.1. The van der Waals surface area contributed by atoms with Crippen molar-refractivity contribution in [2.45, 2.75) is 16.2 Å². The molecule has 94 valence electrons. The Kier molecular flexibility index (Phi) is 4.16. The largest absolute Gasteiger partial charge is 0.283 e. The molecule has 4 nitrogen and oxygen atoms in total. The Bertz CT molecular complexity index is 636. The lowest BCUT2D eigenvalue weighted by Gasteiger charge is -2.07. The molecule has 0 aliphatic carbocycles. The first-order chi connectivity index (χ1) is 9.22. The van der Waals surface area contributed by atoms with Gasteiger partial charge < -0.3 is 0 Å². The highest BCUT2D eigenvalue weighted by atomic mass is 32.2. The van der Waals surface area contributed by atoms with Crippen LogP contribution in [0.4, 0.5) is 5.69 Å². The van der Waals surface area contributed by atoms with Crippen LogP contribution in [0.1, 0.15) is 5.56 Å². The summed E-state index contributed by atoms with van der Waals surface area (Å²) in [5.74, 6) is 0. The predicted molar refractivity (Wildman–Crippen MR) is 73.0 cm³/mol. The minimum absolute atomic E-state index is 0.0432. The topological polar surface area (TPSA) is 66.9 Å².